The standard InChI is InChI=1S/C18H20FNO3/c19-15-7-5-13(6-8-15)16(21)12-20-11-14-3-1-4-17-18(14)23-10-2-9-22-17/h1,3-8,16,20-21H,2,9-12H2/t16-/m0/s1. The molecule has 2 N–H and O–H groups in total. The first kappa shape index (κ1) is 15.8. The molecule has 1 aliphatic rings. The van der Waals surface area contributed by atoms with Crippen LogP contribution in [0.2, 0.25) is 0 Å². The van der Waals surface area contributed by atoms with Gasteiger partial charge in [0.15, 0.2) is 11.5 Å². The summed E-state index contributed by atoms with van der Waals surface area (Å²) in [7, 11) is 0. The third kappa shape index (κ3) is 4.00. The Bertz CT molecular complexity index is 645. The summed E-state index contributed by atoms with van der Waals surface area (Å²) >= 11 is 0. The van der Waals surface area contributed by atoms with Crippen LogP contribution in [-0.4, -0.2) is 24.9 Å². The van der Waals surface area contributed by atoms with Crippen molar-refractivity contribution in [1.29, 1.82) is 0 Å². The fourth-order valence-corrected chi connectivity index (χ4v) is 2.54. The molecule has 0 bridgehead atoms. The predicted octanol–water partition coefficient (Wildman–Crippen LogP) is 2.81. The van der Waals surface area contributed by atoms with E-state index in [2.05, 4.69) is 5.32 Å². The number of para-hydroxylation sites is 1. The Kier molecular flexibility index (Phi) is 5.10. The van der Waals surface area contributed by atoms with Gasteiger partial charge in [0.25, 0.3) is 0 Å². The summed E-state index contributed by atoms with van der Waals surface area (Å²) in [5.41, 5.74) is 1.68. The Morgan fingerprint density at radius 1 is 1.09 bits per heavy atom. The van der Waals surface area contributed by atoms with Crippen molar-refractivity contribution < 1.29 is 19.0 Å². The second-order valence-corrected chi connectivity index (χ2v) is 5.49. The van der Waals surface area contributed by atoms with Gasteiger partial charge in [0.2, 0.25) is 0 Å². The molecule has 0 saturated heterocycles. The van der Waals surface area contributed by atoms with Gasteiger partial charge in [-0.2, -0.15) is 0 Å². The normalized spacial score (nSPS) is 15.0. The summed E-state index contributed by atoms with van der Waals surface area (Å²) in [6.07, 6.45) is 0.181. The van der Waals surface area contributed by atoms with Gasteiger partial charge in [-0.25, -0.2) is 4.39 Å². The van der Waals surface area contributed by atoms with E-state index < -0.39 is 6.10 Å². The number of ether oxygens (including phenoxy) is 2. The first-order valence-electron chi connectivity index (χ1n) is 7.76. The minimum Gasteiger partial charge on any atom is -0.490 e. The number of aliphatic hydroxyl groups is 1. The average Bonchev–Trinajstić information content (AvgIpc) is 2.81. The van der Waals surface area contributed by atoms with E-state index in [1.54, 1.807) is 12.1 Å². The average molecular weight is 317 g/mol. The molecule has 0 amide bonds. The number of nitrogens with one attached hydrogen (secondary N) is 1. The number of rotatable bonds is 5. The zero-order valence-electron chi connectivity index (χ0n) is 12.8. The van der Waals surface area contributed by atoms with E-state index in [0.29, 0.717) is 31.9 Å². The molecule has 0 aliphatic carbocycles. The van der Waals surface area contributed by atoms with Crippen LogP contribution in [0.4, 0.5) is 4.39 Å². The SMILES string of the molecule is O[C@@H](CNCc1cccc2c1OCCCO2)c1ccc(F)cc1. The molecular formula is C18H20FNO3. The zero-order chi connectivity index (χ0) is 16.1. The Morgan fingerprint density at radius 2 is 1.87 bits per heavy atom. The Balaban J connectivity index is 1.59. The molecule has 0 spiro atoms. The molecule has 0 fully saturated rings. The van der Waals surface area contributed by atoms with E-state index in [-0.39, 0.29) is 5.82 Å². The third-order valence-corrected chi connectivity index (χ3v) is 3.76. The minimum atomic E-state index is -0.685. The van der Waals surface area contributed by atoms with Gasteiger partial charge >= 0.3 is 0 Å². The number of aliphatic hydroxyl groups excluding tert-OH is 1. The Labute approximate surface area is 134 Å². The van der Waals surface area contributed by atoms with E-state index >= 15 is 0 Å². The molecule has 2 aromatic rings. The lowest BCUT2D eigenvalue weighted by Crippen LogP contribution is -2.21. The molecular weight excluding hydrogens is 297 g/mol. The largest absolute Gasteiger partial charge is 0.490 e. The van der Waals surface area contributed by atoms with Crippen LogP contribution in [0.1, 0.15) is 23.7 Å². The maximum absolute atomic E-state index is 12.9. The van der Waals surface area contributed by atoms with E-state index in [1.807, 2.05) is 18.2 Å². The number of halogens is 1. The van der Waals surface area contributed by atoms with Crippen LogP contribution in [0.15, 0.2) is 42.5 Å². The fourth-order valence-electron chi connectivity index (χ4n) is 2.54. The van der Waals surface area contributed by atoms with Crippen molar-refractivity contribution in [2.24, 2.45) is 0 Å². The fraction of sp³-hybridized carbons (Fsp3) is 0.333. The first-order valence-corrected chi connectivity index (χ1v) is 7.76. The van der Waals surface area contributed by atoms with Crippen molar-refractivity contribution in [1.82, 2.24) is 5.32 Å². The van der Waals surface area contributed by atoms with Crippen molar-refractivity contribution in [3.05, 3.63) is 59.4 Å². The monoisotopic (exact) mass is 317 g/mol. The summed E-state index contributed by atoms with van der Waals surface area (Å²) in [5, 5.41) is 13.3. The second-order valence-electron chi connectivity index (χ2n) is 5.49. The molecule has 3 rings (SSSR count). The maximum Gasteiger partial charge on any atom is 0.165 e. The molecule has 122 valence electrons. The quantitative estimate of drug-likeness (QED) is 0.890. The molecule has 1 atom stereocenters. The first-order chi connectivity index (χ1) is 11.2. The maximum atomic E-state index is 12.9. The van der Waals surface area contributed by atoms with E-state index in [9.17, 15) is 9.50 Å². The van der Waals surface area contributed by atoms with Gasteiger partial charge in [-0.1, -0.05) is 24.3 Å². The highest BCUT2D eigenvalue weighted by Crippen LogP contribution is 2.33. The molecule has 0 saturated carbocycles. The molecule has 2 aromatic carbocycles. The van der Waals surface area contributed by atoms with Crippen LogP contribution in [0.5, 0.6) is 11.5 Å². The van der Waals surface area contributed by atoms with Crippen LogP contribution in [0.3, 0.4) is 0 Å². The lowest BCUT2D eigenvalue weighted by atomic mass is 10.1. The number of hydrogen-bond donors (Lipinski definition) is 2. The summed E-state index contributed by atoms with van der Waals surface area (Å²) in [4.78, 5) is 0. The van der Waals surface area contributed by atoms with E-state index in [4.69, 9.17) is 9.47 Å². The topological polar surface area (TPSA) is 50.7 Å². The van der Waals surface area contributed by atoms with Crippen molar-refractivity contribution >= 4 is 0 Å². The molecule has 0 radical (unpaired) electrons. The number of fused-ring (bicyclic) bond motifs is 1. The molecule has 0 aromatic heterocycles. The van der Waals surface area contributed by atoms with Crippen LogP contribution in [0, 0.1) is 5.82 Å². The molecule has 1 aliphatic heterocycles. The predicted molar refractivity (Wildman–Crippen MR) is 85.1 cm³/mol. The molecule has 5 heteroatoms. The Morgan fingerprint density at radius 3 is 2.70 bits per heavy atom. The highest BCUT2D eigenvalue weighted by Gasteiger charge is 2.14. The molecule has 1 heterocycles. The van der Waals surface area contributed by atoms with Crippen LogP contribution < -0.4 is 14.8 Å². The van der Waals surface area contributed by atoms with Gasteiger partial charge in [-0.15, -0.1) is 0 Å². The van der Waals surface area contributed by atoms with Crippen molar-refractivity contribution in [2.45, 2.75) is 19.1 Å². The zero-order valence-corrected chi connectivity index (χ0v) is 12.8. The smallest absolute Gasteiger partial charge is 0.165 e. The van der Waals surface area contributed by atoms with Crippen molar-refractivity contribution in [3.63, 3.8) is 0 Å². The highest BCUT2D eigenvalue weighted by atomic mass is 19.1. The van der Waals surface area contributed by atoms with E-state index in [0.717, 1.165) is 23.5 Å². The van der Waals surface area contributed by atoms with Gasteiger partial charge in [0.1, 0.15) is 5.82 Å². The van der Waals surface area contributed by atoms with Gasteiger partial charge in [0.05, 0.1) is 19.3 Å². The summed E-state index contributed by atoms with van der Waals surface area (Å²) in [6.45, 7) is 2.23. The summed E-state index contributed by atoms with van der Waals surface area (Å²) in [6, 6.07) is 11.7. The number of benzene rings is 2. The van der Waals surface area contributed by atoms with E-state index in [1.165, 1.54) is 12.1 Å². The second kappa shape index (κ2) is 7.44. The summed E-state index contributed by atoms with van der Waals surface area (Å²) in [5.74, 6) is 1.23. The van der Waals surface area contributed by atoms with Crippen LogP contribution >= 0.6 is 0 Å². The molecule has 0 unspecified atom stereocenters. The van der Waals surface area contributed by atoms with Gasteiger partial charge in [0, 0.05) is 25.1 Å². The third-order valence-electron chi connectivity index (χ3n) is 3.76. The Hall–Kier alpha value is -2.11. The minimum absolute atomic E-state index is 0.307. The van der Waals surface area contributed by atoms with Crippen LogP contribution in [-0.2, 0) is 6.54 Å². The van der Waals surface area contributed by atoms with Crippen LogP contribution in [0.25, 0.3) is 0 Å². The van der Waals surface area contributed by atoms with Crippen molar-refractivity contribution in [3.8, 4) is 11.5 Å². The highest BCUT2D eigenvalue weighted by molar-refractivity contribution is 5.47. The van der Waals surface area contributed by atoms with Gasteiger partial charge < -0.3 is 19.9 Å². The number of hydrogen-bond acceptors (Lipinski definition) is 4. The lowest BCUT2D eigenvalue weighted by molar-refractivity contribution is 0.174. The van der Waals surface area contributed by atoms with Crippen molar-refractivity contribution in [2.75, 3.05) is 19.8 Å². The van der Waals surface area contributed by atoms with Gasteiger partial charge in [-0.05, 0) is 23.8 Å². The lowest BCUT2D eigenvalue weighted by Gasteiger charge is -2.15. The molecule has 4 nitrogen and oxygen atoms in total. The van der Waals surface area contributed by atoms with Gasteiger partial charge in [-0.3, -0.25) is 0 Å². The summed E-state index contributed by atoms with van der Waals surface area (Å²) < 4.78 is 24.3. The molecule has 23 heavy (non-hydrogen) atoms.